The highest BCUT2D eigenvalue weighted by atomic mass is 79.9. The van der Waals surface area contributed by atoms with E-state index in [0.717, 1.165) is 4.47 Å². The van der Waals surface area contributed by atoms with E-state index in [0.29, 0.717) is 0 Å². The molecular formula is C16H12BrClN2S. The molecule has 21 heavy (non-hydrogen) atoms. The van der Waals surface area contributed by atoms with Gasteiger partial charge in [-0.2, -0.15) is 4.57 Å². The molecule has 0 saturated heterocycles. The second-order valence-electron chi connectivity index (χ2n) is 4.86. The number of rotatable bonds is 0. The Hall–Kier alpha value is -1.23. The van der Waals surface area contributed by atoms with E-state index in [1.54, 1.807) is 0 Å². The van der Waals surface area contributed by atoms with E-state index in [-0.39, 0.29) is 12.4 Å². The number of aromatic nitrogens is 1. The van der Waals surface area contributed by atoms with Gasteiger partial charge in [-0.3, -0.25) is 0 Å². The van der Waals surface area contributed by atoms with Crippen molar-refractivity contribution < 1.29 is 17.0 Å². The third-order valence-corrected chi connectivity index (χ3v) is 5.11. The van der Waals surface area contributed by atoms with Crippen LogP contribution in [0.4, 0.5) is 11.4 Å². The zero-order valence-corrected chi connectivity index (χ0v) is 14.4. The van der Waals surface area contributed by atoms with Crippen molar-refractivity contribution in [1.82, 2.24) is 0 Å². The van der Waals surface area contributed by atoms with Gasteiger partial charge in [-0.1, -0.05) is 39.8 Å². The topological polar surface area (TPSA) is 15.9 Å². The van der Waals surface area contributed by atoms with Gasteiger partial charge in [0.1, 0.15) is 11.9 Å². The van der Waals surface area contributed by atoms with Crippen molar-refractivity contribution in [2.75, 3.05) is 5.32 Å². The van der Waals surface area contributed by atoms with Crippen molar-refractivity contribution in [2.45, 2.75) is 9.79 Å². The minimum Gasteiger partial charge on any atom is -1.00 e. The Labute approximate surface area is 142 Å². The molecule has 1 aliphatic rings. The first-order valence-electron chi connectivity index (χ1n) is 6.38. The summed E-state index contributed by atoms with van der Waals surface area (Å²) in [7, 11) is 2.10. The van der Waals surface area contributed by atoms with Gasteiger partial charge in [-0.25, -0.2) is 0 Å². The molecule has 0 spiro atoms. The van der Waals surface area contributed by atoms with Gasteiger partial charge in [-0.05, 0) is 24.3 Å². The fourth-order valence-electron chi connectivity index (χ4n) is 2.58. The van der Waals surface area contributed by atoms with Gasteiger partial charge in [0.05, 0.1) is 16.8 Å². The van der Waals surface area contributed by atoms with Gasteiger partial charge in [0, 0.05) is 15.4 Å². The van der Waals surface area contributed by atoms with Gasteiger partial charge in [0.15, 0.2) is 6.20 Å². The summed E-state index contributed by atoms with van der Waals surface area (Å²) in [4.78, 5) is 2.51. The Kier molecular flexibility index (Phi) is 3.86. The SMILES string of the molecule is C[n+]1cc2c(c3ccccc31)Nc1ccc(Br)cc1S2.[Cl-]. The minimum absolute atomic E-state index is 0. The van der Waals surface area contributed by atoms with E-state index in [1.807, 2.05) is 11.8 Å². The van der Waals surface area contributed by atoms with Gasteiger partial charge < -0.3 is 17.7 Å². The number of hydrogen-bond acceptors (Lipinski definition) is 2. The molecule has 2 aromatic carbocycles. The molecule has 0 fully saturated rings. The minimum atomic E-state index is 0. The molecule has 2 heterocycles. The first-order valence-corrected chi connectivity index (χ1v) is 7.99. The summed E-state index contributed by atoms with van der Waals surface area (Å²) < 4.78 is 3.30. The summed E-state index contributed by atoms with van der Waals surface area (Å²) in [6.07, 6.45) is 2.19. The second-order valence-corrected chi connectivity index (χ2v) is 6.86. The first kappa shape index (κ1) is 14.7. The number of benzene rings is 2. The van der Waals surface area contributed by atoms with Crippen molar-refractivity contribution in [2.24, 2.45) is 7.05 Å². The molecule has 0 amide bonds. The molecule has 1 aliphatic heterocycles. The Morgan fingerprint density at radius 3 is 2.76 bits per heavy atom. The van der Waals surface area contributed by atoms with E-state index in [2.05, 4.69) is 81.5 Å². The molecule has 0 atom stereocenters. The lowest BCUT2D eigenvalue weighted by molar-refractivity contribution is -0.646. The highest BCUT2D eigenvalue weighted by Gasteiger charge is 2.22. The molecule has 2 nitrogen and oxygen atoms in total. The van der Waals surface area contributed by atoms with Crippen LogP contribution in [-0.2, 0) is 7.05 Å². The number of anilines is 2. The largest absolute Gasteiger partial charge is 1.00 e. The average Bonchev–Trinajstić information content (AvgIpc) is 2.46. The van der Waals surface area contributed by atoms with Gasteiger partial charge in [0.2, 0.25) is 5.52 Å². The summed E-state index contributed by atoms with van der Waals surface area (Å²) >= 11 is 5.35. The number of pyridine rings is 1. The lowest BCUT2D eigenvalue weighted by atomic mass is 10.1. The molecule has 5 heteroatoms. The number of para-hydroxylation sites is 1. The Balaban J connectivity index is 0.00000132. The molecule has 0 aliphatic carbocycles. The van der Waals surface area contributed by atoms with E-state index in [9.17, 15) is 0 Å². The predicted molar refractivity (Wildman–Crippen MR) is 86.7 cm³/mol. The summed E-state index contributed by atoms with van der Waals surface area (Å²) in [6.45, 7) is 0. The maximum absolute atomic E-state index is 3.58. The number of nitrogens with zero attached hydrogens (tertiary/aromatic N) is 1. The molecule has 1 N–H and O–H groups in total. The van der Waals surface area contributed by atoms with E-state index >= 15 is 0 Å². The first-order chi connectivity index (χ1) is 9.72. The van der Waals surface area contributed by atoms with Crippen molar-refractivity contribution in [3.05, 3.63) is 53.1 Å². The number of halogens is 2. The lowest BCUT2D eigenvalue weighted by Gasteiger charge is -2.21. The molecule has 4 rings (SSSR count). The number of nitrogens with one attached hydrogen (secondary N) is 1. The van der Waals surface area contributed by atoms with Gasteiger partial charge in [-0.15, -0.1) is 0 Å². The maximum Gasteiger partial charge on any atom is 0.214 e. The van der Waals surface area contributed by atoms with Crippen molar-refractivity contribution >= 4 is 50.0 Å². The van der Waals surface area contributed by atoms with E-state index < -0.39 is 0 Å². The summed E-state index contributed by atoms with van der Waals surface area (Å²) in [5.41, 5.74) is 3.61. The smallest absolute Gasteiger partial charge is 0.214 e. The number of hydrogen-bond donors (Lipinski definition) is 1. The van der Waals surface area contributed by atoms with Gasteiger partial charge in [0.25, 0.3) is 0 Å². The zero-order chi connectivity index (χ0) is 13.7. The number of fused-ring (bicyclic) bond motifs is 4. The molecule has 0 saturated carbocycles. The average molecular weight is 380 g/mol. The second kappa shape index (κ2) is 5.52. The molecule has 1 aromatic heterocycles. The van der Waals surface area contributed by atoms with Crippen LogP contribution in [0, 0.1) is 0 Å². The van der Waals surface area contributed by atoms with Crippen molar-refractivity contribution in [1.29, 1.82) is 0 Å². The van der Waals surface area contributed by atoms with Crippen LogP contribution in [0.2, 0.25) is 0 Å². The standard InChI is InChI=1S/C16H11BrN2S.ClH/c1-19-9-15-16(11-4-2-3-5-13(11)19)18-12-7-6-10(17)8-14(12)20-15;/h2-9H,1H3;1H. The molecule has 0 radical (unpaired) electrons. The highest BCUT2D eigenvalue weighted by Crippen LogP contribution is 2.46. The molecule has 3 aromatic rings. The Morgan fingerprint density at radius 2 is 1.90 bits per heavy atom. The lowest BCUT2D eigenvalue weighted by Crippen LogP contribution is -3.00. The van der Waals surface area contributed by atoms with Crippen LogP contribution in [-0.4, -0.2) is 0 Å². The van der Waals surface area contributed by atoms with Crippen LogP contribution in [0.1, 0.15) is 0 Å². The maximum atomic E-state index is 3.58. The van der Waals surface area contributed by atoms with Gasteiger partial charge >= 0.3 is 0 Å². The van der Waals surface area contributed by atoms with Crippen molar-refractivity contribution in [3.8, 4) is 0 Å². The summed E-state index contributed by atoms with van der Waals surface area (Å²) in [5, 5.41) is 4.84. The van der Waals surface area contributed by atoms with E-state index in [1.165, 1.54) is 32.1 Å². The molecule has 0 bridgehead atoms. The molecular weight excluding hydrogens is 368 g/mol. The third kappa shape index (κ3) is 2.41. The molecule has 106 valence electrons. The van der Waals surface area contributed by atoms with E-state index in [4.69, 9.17) is 0 Å². The van der Waals surface area contributed by atoms with Crippen LogP contribution < -0.4 is 22.3 Å². The zero-order valence-electron chi connectivity index (χ0n) is 11.2. The fourth-order valence-corrected chi connectivity index (χ4v) is 4.22. The molecule has 0 unspecified atom stereocenters. The monoisotopic (exact) mass is 378 g/mol. The van der Waals surface area contributed by atoms with Crippen LogP contribution in [0.5, 0.6) is 0 Å². The van der Waals surface area contributed by atoms with Crippen LogP contribution in [0.15, 0.2) is 62.9 Å². The van der Waals surface area contributed by atoms with Crippen molar-refractivity contribution in [3.63, 3.8) is 0 Å². The summed E-state index contributed by atoms with van der Waals surface area (Å²) in [6, 6.07) is 14.8. The predicted octanol–water partition coefficient (Wildman–Crippen LogP) is 1.64. The number of aryl methyl sites for hydroxylation is 1. The van der Waals surface area contributed by atoms with Crippen LogP contribution >= 0.6 is 27.7 Å². The Morgan fingerprint density at radius 1 is 1.10 bits per heavy atom. The quantitative estimate of drug-likeness (QED) is 0.468. The summed E-state index contributed by atoms with van der Waals surface area (Å²) in [5.74, 6) is 0. The van der Waals surface area contributed by atoms with Crippen LogP contribution in [0.25, 0.3) is 10.9 Å². The highest BCUT2D eigenvalue weighted by molar-refractivity contribution is 9.10. The third-order valence-electron chi connectivity index (χ3n) is 3.53. The Bertz CT molecular complexity index is 851. The normalized spacial score (nSPS) is 12.1. The van der Waals surface area contributed by atoms with Crippen LogP contribution in [0.3, 0.4) is 0 Å². The fraction of sp³-hybridized carbons (Fsp3) is 0.0625.